The Kier molecular flexibility index (Phi) is 4.41. The molecule has 114 valence electrons. The Balaban J connectivity index is 1.97. The van der Waals surface area contributed by atoms with Crippen LogP contribution in [0.1, 0.15) is 30.4 Å². The molecule has 0 aliphatic heterocycles. The fraction of sp³-hybridized carbons (Fsp3) is 0.222. The highest BCUT2D eigenvalue weighted by atomic mass is 32.2. The lowest BCUT2D eigenvalue weighted by molar-refractivity contribution is 0.415. The molecule has 1 unspecified atom stereocenters. The van der Waals surface area contributed by atoms with Gasteiger partial charge in [-0.15, -0.1) is 0 Å². The van der Waals surface area contributed by atoms with Gasteiger partial charge in [-0.3, -0.25) is 0 Å². The van der Waals surface area contributed by atoms with Crippen LogP contribution in [0.25, 0.3) is 11.1 Å². The van der Waals surface area contributed by atoms with Gasteiger partial charge < -0.3 is 9.29 Å². The zero-order valence-electron chi connectivity index (χ0n) is 12.4. The Hall–Kier alpha value is -1.91. The third-order valence-electron chi connectivity index (χ3n) is 4.06. The minimum absolute atomic E-state index is 0.438. The molecule has 0 spiro atoms. The van der Waals surface area contributed by atoms with Crippen LogP contribution in [0.5, 0.6) is 5.75 Å². The van der Waals surface area contributed by atoms with Gasteiger partial charge in [-0.2, -0.15) is 0 Å². The quantitative estimate of drug-likeness (QED) is 0.852. The summed E-state index contributed by atoms with van der Waals surface area (Å²) in [6.45, 7) is 0. The molecule has 1 aliphatic rings. The fourth-order valence-electron chi connectivity index (χ4n) is 2.95. The van der Waals surface area contributed by atoms with Crippen molar-refractivity contribution in [2.45, 2.75) is 24.2 Å². The molecule has 3 rings (SSSR count). The van der Waals surface area contributed by atoms with Crippen molar-refractivity contribution < 1.29 is 13.5 Å². The van der Waals surface area contributed by atoms with Gasteiger partial charge in [-0.25, -0.2) is 4.21 Å². The topological polar surface area (TPSA) is 46.5 Å². The predicted octanol–water partition coefficient (Wildman–Crippen LogP) is 4.37. The molecule has 0 bridgehead atoms. The molecule has 4 heteroatoms. The Morgan fingerprint density at radius 1 is 0.909 bits per heavy atom. The van der Waals surface area contributed by atoms with Gasteiger partial charge >= 0.3 is 0 Å². The van der Waals surface area contributed by atoms with E-state index in [-0.39, 0.29) is 0 Å². The number of allylic oxidation sites excluding steroid dienone is 2. The summed E-state index contributed by atoms with van der Waals surface area (Å²) in [6.07, 6.45) is 3.25. The summed E-state index contributed by atoms with van der Waals surface area (Å²) in [5, 5.41) is 0. The Morgan fingerprint density at radius 3 is 1.86 bits per heavy atom. The van der Waals surface area contributed by atoms with Gasteiger partial charge in [0.15, 0.2) is 11.1 Å². The molecule has 1 N–H and O–H groups in total. The van der Waals surface area contributed by atoms with Crippen LogP contribution in [0, 0.1) is 0 Å². The van der Waals surface area contributed by atoms with Crippen LogP contribution in [0.2, 0.25) is 0 Å². The molecule has 0 radical (unpaired) electrons. The van der Waals surface area contributed by atoms with E-state index in [1.807, 2.05) is 24.3 Å². The van der Waals surface area contributed by atoms with Crippen LogP contribution in [0.4, 0.5) is 0 Å². The summed E-state index contributed by atoms with van der Waals surface area (Å²) in [6, 6.07) is 15.5. The van der Waals surface area contributed by atoms with Crippen LogP contribution < -0.4 is 4.74 Å². The van der Waals surface area contributed by atoms with E-state index < -0.39 is 11.1 Å². The Morgan fingerprint density at radius 2 is 1.41 bits per heavy atom. The van der Waals surface area contributed by atoms with Crippen molar-refractivity contribution in [1.82, 2.24) is 0 Å². The molecule has 0 amide bonds. The number of hydrogen-bond acceptors (Lipinski definition) is 2. The van der Waals surface area contributed by atoms with Crippen LogP contribution in [0.3, 0.4) is 0 Å². The fourth-order valence-corrected chi connectivity index (χ4v) is 3.31. The van der Waals surface area contributed by atoms with Gasteiger partial charge in [-0.1, -0.05) is 24.3 Å². The highest BCUT2D eigenvalue weighted by Crippen LogP contribution is 2.40. The molecule has 1 aliphatic carbocycles. The van der Waals surface area contributed by atoms with E-state index in [9.17, 15) is 4.21 Å². The molecule has 0 heterocycles. The van der Waals surface area contributed by atoms with Gasteiger partial charge in [0.1, 0.15) is 5.75 Å². The lowest BCUT2D eigenvalue weighted by atomic mass is 9.97. The third kappa shape index (κ3) is 2.98. The average molecular weight is 314 g/mol. The first-order valence-electron chi connectivity index (χ1n) is 7.27. The van der Waals surface area contributed by atoms with E-state index >= 15 is 0 Å². The van der Waals surface area contributed by atoms with Crippen molar-refractivity contribution in [3.63, 3.8) is 0 Å². The summed E-state index contributed by atoms with van der Waals surface area (Å²) >= 11 is -1.92. The molecule has 0 saturated heterocycles. The highest BCUT2D eigenvalue weighted by Gasteiger charge is 2.17. The maximum absolute atomic E-state index is 11.1. The molecule has 2 aromatic rings. The van der Waals surface area contributed by atoms with Gasteiger partial charge in [0.2, 0.25) is 0 Å². The minimum atomic E-state index is -1.92. The van der Waals surface area contributed by atoms with Crippen LogP contribution in [-0.2, 0) is 11.1 Å². The first kappa shape index (κ1) is 15.0. The van der Waals surface area contributed by atoms with Crippen LogP contribution >= 0.6 is 0 Å². The number of hydrogen-bond donors (Lipinski definition) is 1. The normalized spacial score (nSPS) is 15.9. The number of methoxy groups -OCH3 is 1. The van der Waals surface area contributed by atoms with Crippen molar-refractivity contribution in [2.24, 2.45) is 0 Å². The third-order valence-corrected chi connectivity index (χ3v) is 4.74. The van der Waals surface area contributed by atoms with Crippen molar-refractivity contribution in [1.29, 1.82) is 0 Å². The molecule has 3 nitrogen and oxygen atoms in total. The van der Waals surface area contributed by atoms with Crippen molar-refractivity contribution >= 4 is 22.2 Å². The first-order valence-corrected chi connectivity index (χ1v) is 8.37. The summed E-state index contributed by atoms with van der Waals surface area (Å²) in [5.74, 6) is 0.860. The number of ether oxygens (including phenoxy) is 1. The standard InChI is InChI=1S/C18H18O3S/c1-21-15-9-5-13(6-10-15)17-3-2-4-18(17)14-7-11-16(12-8-14)22(19)20/h5-12H,2-4H2,1H3,(H,19,20). The molecule has 0 fully saturated rings. The molecule has 1 atom stereocenters. The zero-order valence-corrected chi connectivity index (χ0v) is 13.2. The van der Waals surface area contributed by atoms with Gasteiger partial charge in [0.25, 0.3) is 0 Å². The van der Waals surface area contributed by atoms with Crippen molar-refractivity contribution in [3.05, 3.63) is 59.7 Å². The van der Waals surface area contributed by atoms with Gasteiger partial charge in [0.05, 0.1) is 12.0 Å². The minimum Gasteiger partial charge on any atom is -0.497 e. The number of benzene rings is 2. The molecule has 22 heavy (non-hydrogen) atoms. The summed E-state index contributed by atoms with van der Waals surface area (Å²) in [4.78, 5) is 0.438. The number of rotatable bonds is 4. The molecule has 0 saturated carbocycles. The second kappa shape index (κ2) is 6.46. The smallest absolute Gasteiger partial charge is 0.186 e. The summed E-state index contributed by atoms with van der Waals surface area (Å²) in [5.41, 5.74) is 5.06. The summed E-state index contributed by atoms with van der Waals surface area (Å²) < 4.78 is 25.4. The monoisotopic (exact) mass is 314 g/mol. The second-order valence-corrected chi connectivity index (χ2v) is 6.28. The Bertz CT molecular complexity index is 715. The van der Waals surface area contributed by atoms with Crippen LogP contribution in [-0.4, -0.2) is 15.9 Å². The van der Waals surface area contributed by atoms with E-state index in [1.165, 1.54) is 16.7 Å². The van der Waals surface area contributed by atoms with Crippen molar-refractivity contribution in [3.8, 4) is 5.75 Å². The molecular weight excluding hydrogens is 296 g/mol. The maximum atomic E-state index is 11.1. The molecule has 0 aromatic heterocycles. The predicted molar refractivity (Wildman–Crippen MR) is 89.1 cm³/mol. The first-order chi connectivity index (χ1) is 10.7. The molecular formula is C18H18O3S. The van der Waals surface area contributed by atoms with E-state index in [4.69, 9.17) is 9.29 Å². The maximum Gasteiger partial charge on any atom is 0.186 e. The summed E-state index contributed by atoms with van der Waals surface area (Å²) in [7, 11) is 1.67. The van der Waals surface area contributed by atoms with E-state index in [0.29, 0.717) is 4.90 Å². The van der Waals surface area contributed by atoms with E-state index in [2.05, 4.69) is 12.1 Å². The van der Waals surface area contributed by atoms with Crippen LogP contribution in [0.15, 0.2) is 53.4 Å². The highest BCUT2D eigenvalue weighted by molar-refractivity contribution is 7.79. The lowest BCUT2D eigenvalue weighted by Gasteiger charge is -2.09. The second-order valence-electron chi connectivity index (χ2n) is 5.31. The van der Waals surface area contributed by atoms with E-state index in [0.717, 1.165) is 30.6 Å². The zero-order chi connectivity index (χ0) is 15.5. The van der Waals surface area contributed by atoms with Gasteiger partial charge in [0, 0.05) is 0 Å². The SMILES string of the molecule is COc1ccc(C2=C(c3ccc(S(=O)O)cc3)CCC2)cc1. The van der Waals surface area contributed by atoms with Crippen molar-refractivity contribution in [2.75, 3.05) is 7.11 Å². The molecule has 2 aromatic carbocycles. The Labute approximate surface area is 132 Å². The van der Waals surface area contributed by atoms with E-state index in [1.54, 1.807) is 19.2 Å². The van der Waals surface area contributed by atoms with Gasteiger partial charge in [-0.05, 0) is 65.8 Å². The lowest BCUT2D eigenvalue weighted by Crippen LogP contribution is -1.90. The largest absolute Gasteiger partial charge is 0.497 e. The average Bonchev–Trinajstić information content (AvgIpc) is 3.04.